The Bertz CT molecular complexity index is 610. The molecule has 0 aliphatic carbocycles. The lowest BCUT2D eigenvalue weighted by Gasteiger charge is -2.00. The predicted molar refractivity (Wildman–Crippen MR) is 65.1 cm³/mol. The van der Waals surface area contributed by atoms with Gasteiger partial charge in [-0.3, -0.25) is 10.1 Å². The fourth-order valence-electron chi connectivity index (χ4n) is 1.55. The molecule has 0 bridgehead atoms. The highest BCUT2D eigenvalue weighted by Crippen LogP contribution is 2.26. The third kappa shape index (κ3) is 2.59. The fourth-order valence-corrected chi connectivity index (χ4v) is 1.55. The van der Waals surface area contributed by atoms with Crippen LogP contribution in [-0.4, -0.2) is 26.7 Å². The molecular weight excluding hydrogens is 252 g/mol. The monoisotopic (exact) mass is 264 g/mol. The van der Waals surface area contributed by atoms with Crippen molar-refractivity contribution in [2.45, 2.75) is 13.0 Å². The second kappa shape index (κ2) is 5.12. The molecule has 2 aromatic rings. The number of nitrogens with two attached hydrogens (primary N) is 1. The van der Waals surface area contributed by atoms with Gasteiger partial charge < -0.3 is 15.4 Å². The van der Waals surface area contributed by atoms with E-state index in [1.807, 2.05) is 0 Å². The number of aryl methyl sites for hydroxylation is 1. The molecule has 19 heavy (non-hydrogen) atoms. The molecule has 1 heterocycles. The number of hydrogen-bond acceptors (Lipinski definition) is 7. The molecule has 0 fully saturated rings. The normalized spacial score (nSPS) is 12.4. The number of benzene rings is 1. The largest absolute Gasteiger partial charge is 0.382 e. The Morgan fingerprint density at radius 3 is 2.95 bits per heavy atom. The minimum absolute atomic E-state index is 0.0107. The van der Waals surface area contributed by atoms with E-state index in [0.717, 1.165) is 5.56 Å². The number of nitrogens with zero attached hydrogens (tertiary/aromatic N) is 3. The van der Waals surface area contributed by atoms with Crippen LogP contribution in [0.4, 0.5) is 5.69 Å². The number of aliphatic hydroxyl groups is 1. The summed E-state index contributed by atoms with van der Waals surface area (Å²) in [4.78, 5) is 14.2. The molecule has 0 saturated heterocycles. The van der Waals surface area contributed by atoms with Gasteiger partial charge in [0.15, 0.2) is 0 Å². The lowest BCUT2D eigenvalue weighted by molar-refractivity contribution is -0.384. The summed E-state index contributed by atoms with van der Waals surface area (Å²) in [5.74, 6) is 0.173. The molecule has 8 heteroatoms. The van der Waals surface area contributed by atoms with Gasteiger partial charge in [-0.1, -0.05) is 11.2 Å². The van der Waals surface area contributed by atoms with Crippen molar-refractivity contribution < 1.29 is 14.6 Å². The number of aromatic nitrogens is 2. The highest BCUT2D eigenvalue weighted by molar-refractivity contribution is 5.63. The van der Waals surface area contributed by atoms with Gasteiger partial charge in [0, 0.05) is 24.2 Å². The maximum absolute atomic E-state index is 10.7. The number of nitro groups is 1. The number of nitro benzene ring substituents is 1. The van der Waals surface area contributed by atoms with Gasteiger partial charge in [-0.15, -0.1) is 0 Å². The van der Waals surface area contributed by atoms with Crippen molar-refractivity contribution in [2.24, 2.45) is 5.73 Å². The van der Waals surface area contributed by atoms with Crippen molar-refractivity contribution in [1.29, 1.82) is 0 Å². The van der Waals surface area contributed by atoms with Crippen LogP contribution in [-0.2, 0) is 0 Å². The number of hydrogen-bond donors (Lipinski definition) is 2. The van der Waals surface area contributed by atoms with Crippen LogP contribution in [0.25, 0.3) is 11.4 Å². The molecule has 0 amide bonds. The molecule has 0 unspecified atom stereocenters. The average Bonchev–Trinajstić information content (AvgIpc) is 2.87. The first kappa shape index (κ1) is 13.1. The van der Waals surface area contributed by atoms with E-state index in [4.69, 9.17) is 10.3 Å². The number of aliphatic hydroxyl groups excluding tert-OH is 1. The van der Waals surface area contributed by atoms with Crippen LogP contribution in [0.15, 0.2) is 22.7 Å². The molecule has 0 radical (unpaired) electrons. The molecule has 0 saturated carbocycles. The standard InChI is InChI=1S/C11H12N4O4/c1-6-2-3-7(15(17)18)4-8(6)10-13-11(19-14-10)9(16)5-12/h2-4,9,16H,5,12H2,1H3/t9-/m0/s1. The first-order valence-corrected chi connectivity index (χ1v) is 5.50. The Labute approximate surface area is 108 Å². The Kier molecular flexibility index (Phi) is 3.54. The van der Waals surface area contributed by atoms with E-state index in [2.05, 4.69) is 10.1 Å². The first-order valence-electron chi connectivity index (χ1n) is 5.50. The van der Waals surface area contributed by atoms with Gasteiger partial charge in [0.25, 0.3) is 11.6 Å². The predicted octanol–water partition coefficient (Wildman–Crippen LogP) is 0.945. The topological polar surface area (TPSA) is 128 Å². The molecule has 1 aromatic heterocycles. The van der Waals surface area contributed by atoms with E-state index in [0.29, 0.717) is 5.56 Å². The maximum Gasteiger partial charge on any atom is 0.270 e. The summed E-state index contributed by atoms with van der Waals surface area (Å²) in [6, 6.07) is 4.36. The molecule has 100 valence electrons. The summed E-state index contributed by atoms with van der Waals surface area (Å²) in [6.07, 6.45) is -1.04. The summed E-state index contributed by atoms with van der Waals surface area (Å²) in [6.45, 7) is 1.73. The van der Waals surface area contributed by atoms with Gasteiger partial charge >= 0.3 is 0 Å². The van der Waals surface area contributed by atoms with E-state index >= 15 is 0 Å². The summed E-state index contributed by atoms with van der Waals surface area (Å²) in [5, 5.41) is 23.9. The quantitative estimate of drug-likeness (QED) is 0.621. The molecule has 0 spiro atoms. The number of rotatable bonds is 4. The smallest absolute Gasteiger partial charge is 0.270 e. The fraction of sp³-hybridized carbons (Fsp3) is 0.273. The minimum atomic E-state index is -1.04. The van der Waals surface area contributed by atoms with Gasteiger partial charge in [-0.25, -0.2) is 0 Å². The molecule has 1 aromatic carbocycles. The summed E-state index contributed by atoms with van der Waals surface area (Å²) >= 11 is 0. The van der Waals surface area contributed by atoms with E-state index < -0.39 is 11.0 Å². The van der Waals surface area contributed by atoms with Gasteiger partial charge in [-0.05, 0) is 12.5 Å². The Morgan fingerprint density at radius 1 is 1.58 bits per heavy atom. The molecule has 1 atom stereocenters. The Morgan fingerprint density at radius 2 is 2.32 bits per heavy atom. The van der Waals surface area contributed by atoms with Gasteiger partial charge in [-0.2, -0.15) is 4.98 Å². The maximum atomic E-state index is 10.7. The lowest BCUT2D eigenvalue weighted by Crippen LogP contribution is -2.11. The Hall–Kier alpha value is -2.32. The first-order chi connectivity index (χ1) is 9.02. The molecular formula is C11H12N4O4. The SMILES string of the molecule is Cc1ccc([N+](=O)[O-])cc1-c1noc([C@@H](O)CN)n1. The second-order valence-corrected chi connectivity index (χ2v) is 3.96. The van der Waals surface area contributed by atoms with Crippen molar-refractivity contribution in [3.63, 3.8) is 0 Å². The molecule has 0 aliphatic heterocycles. The van der Waals surface area contributed by atoms with Crippen molar-refractivity contribution in [3.05, 3.63) is 39.8 Å². The van der Waals surface area contributed by atoms with Gasteiger partial charge in [0.05, 0.1) is 4.92 Å². The highest BCUT2D eigenvalue weighted by Gasteiger charge is 2.18. The van der Waals surface area contributed by atoms with Crippen LogP contribution in [0.3, 0.4) is 0 Å². The highest BCUT2D eigenvalue weighted by atomic mass is 16.6. The van der Waals surface area contributed by atoms with Crippen molar-refractivity contribution in [3.8, 4) is 11.4 Å². The zero-order valence-electron chi connectivity index (χ0n) is 10.1. The summed E-state index contributed by atoms with van der Waals surface area (Å²) in [5.41, 5.74) is 6.46. The molecule has 2 rings (SSSR count). The van der Waals surface area contributed by atoms with E-state index in [-0.39, 0.29) is 23.9 Å². The minimum Gasteiger partial charge on any atom is -0.382 e. The van der Waals surface area contributed by atoms with Gasteiger partial charge in [0.2, 0.25) is 5.82 Å². The van der Waals surface area contributed by atoms with Crippen molar-refractivity contribution >= 4 is 5.69 Å². The third-order valence-corrected chi connectivity index (χ3v) is 2.62. The summed E-state index contributed by atoms with van der Waals surface area (Å²) in [7, 11) is 0. The lowest BCUT2D eigenvalue weighted by atomic mass is 10.1. The zero-order chi connectivity index (χ0) is 14.0. The van der Waals surface area contributed by atoms with E-state index in [9.17, 15) is 15.2 Å². The van der Waals surface area contributed by atoms with Crippen LogP contribution in [0.5, 0.6) is 0 Å². The molecule has 3 N–H and O–H groups in total. The van der Waals surface area contributed by atoms with Gasteiger partial charge in [0.1, 0.15) is 6.10 Å². The van der Waals surface area contributed by atoms with Crippen LogP contribution in [0.2, 0.25) is 0 Å². The van der Waals surface area contributed by atoms with Crippen LogP contribution < -0.4 is 5.73 Å². The zero-order valence-corrected chi connectivity index (χ0v) is 10.1. The van der Waals surface area contributed by atoms with Crippen molar-refractivity contribution in [1.82, 2.24) is 10.1 Å². The second-order valence-electron chi connectivity index (χ2n) is 3.96. The Balaban J connectivity index is 2.43. The van der Waals surface area contributed by atoms with E-state index in [1.54, 1.807) is 13.0 Å². The van der Waals surface area contributed by atoms with Crippen LogP contribution in [0.1, 0.15) is 17.6 Å². The van der Waals surface area contributed by atoms with Crippen LogP contribution in [0, 0.1) is 17.0 Å². The molecule has 8 nitrogen and oxygen atoms in total. The van der Waals surface area contributed by atoms with Crippen LogP contribution >= 0.6 is 0 Å². The molecule has 0 aliphatic rings. The number of non-ortho nitro benzene ring substituents is 1. The van der Waals surface area contributed by atoms with E-state index in [1.165, 1.54) is 12.1 Å². The third-order valence-electron chi connectivity index (χ3n) is 2.62. The van der Waals surface area contributed by atoms with Crippen molar-refractivity contribution in [2.75, 3.05) is 6.54 Å². The average molecular weight is 264 g/mol. The summed E-state index contributed by atoms with van der Waals surface area (Å²) < 4.78 is 4.87.